The molecular formula is C24H44N2O6. The summed E-state index contributed by atoms with van der Waals surface area (Å²) in [5, 5.41) is 26.5. The van der Waals surface area contributed by atoms with E-state index in [1.807, 2.05) is 13.8 Å². The van der Waals surface area contributed by atoms with Crippen molar-refractivity contribution in [3.8, 4) is 0 Å². The Labute approximate surface area is 192 Å². The summed E-state index contributed by atoms with van der Waals surface area (Å²) in [5.41, 5.74) is -0.777. The molecule has 4 atom stereocenters. The molecule has 0 aromatic heterocycles. The topological polar surface area (TPSA) is 125 Å². The summed E-state index contributed by atoms with van der Waals surface area (Å²) in [7, 11) is 0. The Morgan fingerprint density at radius 3 is 2.12 bits per heavy atom. The van der Waals surface area contributed by atoms with Crippen LogP contribution in [0.25, 0.3) is 0 Å². The smallest absolute Gasteiger partial charge is 0.408 e. The lowest BCUT2D eigenvalue weighted by Gasteiger charge is -2.33. The number of ketones is 1. The quantitative estimate of drug-likeness (QED) is 0.354. The second-order valence-corrected chi connectivity index (χ2v) is 10.4. The fourth-order valence-electron chi connectivity index (χ4n) is 4.14. The molecule has 32 heavy (non-hydrogen) atoms. The van der Waals surface area contributed by atoms with Gasteiger partial charge in [-0.05, 0) is 45.4 Å². The van der Waals surface area contributed by atoms with E-state index in [0.717, 1.165) is 25.7 Å². The van der Waals surface area contributed by atoms with E-state index < -0.39 is 47.7 Å². The Kier molecular flexibility index (Phi) is 11.6. The van der Waals surface area contributed by atoms with Crippen molar-refractivity contribution >= 4 is 17.8 Å². The van der Waals surface area contributed by atoms with Gasteiger partial charge in [0, 0.05) is 6.42 Å². The average Bonchev–Trinajstić information content (AvgIpc) is 2.69. The number of hydrogen-bond donors (Lipinski definition) is 4. The second-order valence-electron chi connectivity index (χ2n) is 10.4. The van der Waals surface area contributed by atoms with E-state index in [2.05, 4.69) is 10.6 Å². The normalized spacial score (nSPS) is 19.0. The first-order chi connectivity index (χ1) is 14.8. The summed E-state index contributed by atoms with van der Waals surface area (Å²) < 4.78 is 5.20. The van der Waals surface area contributed by atoms with Crippen LogP contribution < -0.4 is 10.6 Å². The van der Waals surface area contributed by atoms with Crippen molar-refractivity contribution in [1.29, 1.82) is 0 Å². The van der Waals surface area contributed by atoms with Gasteiger partial charge in [0.05, 0.1) is 12.1 Å². The summed E-state index contributed by atoms with van der Waals surface area (Å²) >= 11 is 0. The largest absolute Gasteiger partial charge is 0.444 e. The van der Waals surface area contributed by atoms with Crippen LogP contribution in [-0.2, 0) is 14.3 Å². The van der Waals surface area contributed by atoms with Gasteiger partial charge in [0.2, 0.25) is 0 Å². The molecule has 1 fully saturated rings. The number of rotatable bonds is 11. The maximum Gasteiger partial charge on any atom is 0.408 e. The molecule has 2 amide bonds. The predicted octanol–water partition coefficient (Wildman–Crippen LogP) is 3.08. The Morgan fingerprint density at radius 1 is 1.03 bits per heavy atom. The molecule has 0 aliphatic heterocycles. The predicted molar refractivity (Wildman–Crippen MR) is 123 cm³/mol. The fourth-order valence-corrected chi connectivity index (χ4v) is 4.14. The minimum atomic E-state index is -1.42. The number of Topliss-reactive ketones (excluding diaryl/α,β-unsaturated/α-hetero) is 1. The van der Waals surface area contributed by atoms with E-state index in [1.54, 1.807) is 27.7 Å². The number of nitrogens with one attached hydrogen (secondary N) is 2. The van der Waals surface area contributed by atoms with E-state index >= 15 is 0 Å². The third-order valence-electron chi connectivity index (χ3n) is 5.75. The first-order valence-corrected chi connectivity index (χ1v) is 12.0. The fraction of sp³-hybridized carbons (Fsp3) is 0.875. The van der Waals surface area contributed by atoms with Gasteiger partial charge in [-0.1, -0.05) is 52.9 Å². The van der Waals surface area contributed by atoms with Crippen LogP contribution in [0.1, 0.15) is 92.9 Å². The van der Waals surface area contributed by atoms with Crippen LogP contribution in [0.5, 0.6) is 0 Å². The molecule has 0 saturated heterocycles. The zero-order valence-corrected chi connectivity index (χ0v) is 20.6. The third kappa shape index (κ3) is 10.3. The van der Waals surface area contributed by atoms with Crippen molar-refractivity contribution in [3.63, 3.8) is 0 Å². The van der Waals surface area contributed by atoms with Crippen molar-refractivity contribution in [3.05, 3.63) is 0 Å². The monoisotopic (exact) mass is 456 g/mol. The molecule has 1 rings (SSSR count). The van der Waals surface area contributed by atoms with E-state index in [0.29, 0.717) is 18.8 Å². The van der Waals surface area contributed by atoms with Crippen molar-refractivity contribution in [2.45, 2.75) is 123 Å². The molecule has 0 heterocycles. The van der Waals surface area contributed by atoms with Crippen LogP contribution in [0.2, 0.25) is 0 Å². The van der Waals surface area contributed by atoms with Gasteiger partial charge in [-0.15, -0.1) is 0 Å². The summed E-state index contributed by atoms with van der Waals surface area (Å²) in [4.78, 5) is 37.7. The van der Waals surface area contributed by atoms with Crippen LogP contribution in [0.15, 0.2) is 0 Å². The molecule has 4 N–H and O–H groups in total. The molecular weight excluding hydrogens is 412 g/mol. The molecule has 1 aliphatic carbocycles. The van der Waals surface area contributed by atoms with Crippen molar-refractivity contribution in [2.24, 2.45) is 11.8 Å². The summed E-state index contributed by atoms with van der Waals surface area (Å²) in [6.45, 7) is 10.6. The molecule has 8 heteroatoms. The van der Waals surface area contributed by atoms with Gasteiger partial charge in [0.25, 0.3) is 5.91 Å². The lowest BCUT2D eigenvalue weighted by atomic mass is 9.82. The first kappa shape index (κ1) is 28.4. The van der Waals surface area contributed by atoms with Crippen LogP contribution in [0.4, 0.5) is 4.79 Å². The van der Waals surface area contributed by atoms with E-state index in [4.69, 9.17) is 4.74 Å². The van der Waals surface area contributed by atoms with E-state index in [1.165, 1.54) is 6.42 Å². The molecule has 0 radical (unpaired) electrons. The standard InChI is InChI=1S/C24H44N2O6/c1-7-18(27)20(26-23(31)32-24(4,5)6)22(30)25-17(14-16-11-9-8-10-12-16)21(29)19(28)13-15(2)3/h15-17,19-21,28-29H,7-14H2,1-6H3,(H,25,30)(H,26,31). The molecule has 4 unspecified atom stereocenters. The number of amides is 2. The van der Waals surface area contributed by atoms with Crippen LogP contribution >= 0.6 is 0 Å². The number of carbonyl (C=O) groups excluding carboxylic acids is 3. The Hall–Kier alpha value is -1.67. The lowest BCUT2D eigenvalue weighted by Crippen LogP contribution is -2.57. The van der Waals surface area contributed by atoms with Gasteiger partial charge in [-0.3, -0.25) is 9.59 Å². The van der Waals surface area contributed by atoms with Crippen molar-refractivity contribution in [1.82, 2.24) is 10.6 Å². The maximum absolute atomic E-state index is 13.1. The maximum atomic E-state index is 13.1. The van der Waals surface area contributed by atoms with Gasteiger partial charge < -0.3 is 25.6 Å². The lowest BCUT2D eigenvalue weighted by molar-refractivity contribution is -0.133. The van der Waals surface area contributed by atoms with E-state index in [9.17, 15) is 24.6 Å². The molecule has 0 aromatic carbocycles. The summed E-state index contributed by atoms with van der Waals surface area (Å²) in [5.74, 6) is -0.649. The SMILES string of the molecule is CCC(=O)C(NC(=O)OC(C)(C)C)C(=O)NC(CC1CCCCC1)C(O)C(O)CC(C)C. The van der Waals surface area contributed by atoms with Crippen molar-refractivity contribution < 1.29 is 29.3 Å². The number of aliphatic hydroxyl groups excluding tert-OH is 2. The Bertz CT molecular complexity index is 610. The van der Waals surface area contributed by atoms with Gasteiger partial charge in [0.1, 0.15) is 11.7 Å². The summed E-state index contributed by atoms with van der Waals surface area (Å²) in [6, 6.07) is -2.13. The number of hydrogen-bond acceptors (Lipinski definition) is 6. The van der Waals surface area contributed by atoms with Crippen molar-refractivity contribution in [2.75, 3.05) is 0 Å². The number of aliphatic hydroxyl groups is 2. The highest BCUT2D eigenvalue weighted by Gasteiger charge is 2.35. The number of alkyl carbamates (subject to hydrolysis) is 1. The van der Waals surface area contributed by atoms with E-state index in [-0.39, 0.29) is 12.3 Å². The average molecular weight is 457 g/mol. The molecule has 1 saturated carbocycles. The molecule has 0 bridgehead atoms. The van der Waals surface area contributed by atoms with Crippen LogP contribution in [0, 0.1) is 11.8 Å². The minimum Gasteiger partial charge on any atom is -0.444 e. The molecule has 8 nitrogen and oxygen atoms in total. The van der Waals surface area contributed by atoms with Gasteiger partial charge in [-0.2, -0.15) is 0 Å². The zero-order chi connectivity index (χ0) is 24.5. The highest BCUT2D eigenvalue weighted by Crippen LogP contribution is 2.29. The highest BCUT2D eigenvalue weighted by molar-refractivity contribution is 6.07. The molecule has 186 valence electrons. The van der Waals surface area contributed by atoms with Gasteiger partial charge >= 0.3 is 6.09 Å². The third-order valence-corrected chi connectivity index (χ3v) is 5.75. The number of ether oxygens (including phenoxy) is 1. The van der Waals surface area contributed by atoms with Gasteiger partial charge in [0.15, 0.2) is 11.8 Å². The second kappa shape index (κ2) is 13.1. The molecule has 1 aliphatic rings. The minimum absolute atomic E-state index is 0.0553. The van der Waals surface area contributed by atoms with Gasteiger partial charge in [-0.25, -0.2) is 4.79 Å². The molecule has 0 aromatic rings. The first-order valence-electron chi connectivity index (χ1n) is 12.0. The molecule has 0 spiro atoms. The highest BCUT2D eigenvalue weighted by atomic mass is 16.6. The van der Waals surface area contributed by atoms with Crippen LogP contribution in [-0.4, -0.2) is 57.9 Å². The summed E-state index contributed by atoms with van der Waals surface area (Å²) in [6.07, 6.45) is 3.35. The zero-order valence-electron chi connectivity index (χ0n) is 20.6. The van der Waals surface area contributed by atoms with Crippen LogP contribution in [0.3, 0.4) is 0 Å². The Morgan fingerprint density at radius 2 is 1.62 bits per heavy atom. The number of carbonyl (C=O) groups is 3. The Balaban J connectivity index is 2.98.